The number of allylic oxidation sites excluding steroid dienone is 1. The van der Waals surface area contributed by atoms with Crippen LogP contribution in [0.3, 0.4) is 0 Å². The van der Waals surface area contributed by atoms with Crippen molar-refractivity contribution in [1.82, 2.24) is 10.6 Å². The molecule has 83 heavy (non-hydrogen) atoms. The molecular formula is C61H98N4O18. The topological polar surface area (TPSA) is 272 Å². The third kappa shape index (κ3) is 45.7. The molecule has 2 unspecified atom stereocenters. The number of carbonyl (C=O) groups is 6. The van der Waals surface area contributed by atoms with Crippen LogP contribution < -0.4 is 21.3 Å². The number of hydrogen-bond donors (Lipinski definition) is 5. The number of unbranched alkanes of at least 4 members (excludes halogenated alkanes) is 4. The number of anilines is 2. The first kappa shape index (κ1) is 78.6. The van der Waals surface area contributed by atoms with E-state index in [2.05, 4.69) is 47.6 Å². The lowest BCUT2D eigenvalue weighted by Crippen LogP contribution is -2.39. The van der Waals surface area contributed by atoms with E-state index in [4.69, 9.17) is 57.8 Å². The Morgan fingerprint density at radius 2 is 1.04 bits per heavy atom. The molecule has 0 radical (unpaired) electrons. The minimum atomic E-state index is -0.885. The number of rotatable bonds is 42. The molecule has 0 heterocycles. The standard InChI is InChI=1S/C30H50N2O10.C17H18N2O2.C8H16O4.C6H14O2/c1-7-9-14-26(19-36-28(33)25(5)6)20-37-29(34)31-15-12-10-11-13-16-32-30(35)38-21-27(22-41-39-17-8-2)23-42-40-18-24(3)4;1-12(20)18-16-7-3-14(4-8-16)11-15-5-9-17(10-6-15)19-13(2)21;1-4-8(5-11-2,6-12-3)7(9)10;1-7-5-3-4-6-8-2/h7-8,26-27H,1-3,5,9-23H2,4,6H3,(H,31,34)(H,32,35);3-10H,11H2,1-2H3,(H,18,20)(H,19,21);4-6H2,1-3H3,(H,9,10);3-6H2,1-2H3. The Labute approximate surface area is 493 Å². The van der Waals surface area contributed by atoms with Gasteiger partial charge in [0.2, 0.25) is 11.8 Å². The van der Waals surface area contributed by atoms with Gasteiger partial charge in [-0.05, 0) is 101 Å². The summed E-state index contributed by atoms with van der Waals surface area (Å²) in [5, 5.41) is 19.8. The maximum atomic E-state index is 12.0. The van der Waals surface area contributed by atoms with Gasteiger partial charge in [-0.3, -0.25) is 14.4 Å². The maximum absolute atomic E-state index is 12.0. The van der Waals surface area contributed by atoms with Crippen molar-refractivity contribution in [2.75, 3.05) is 125 Å². The van der Waals surface area contributed by atoms with Crippen LogP contribution in [0.25, 0.3) is 0 Å². The van der Waals surface area contributed by atoms with Gasteiger partial charge >= 0.3 is 24.1 Å². The van der Waals surface area contributed by atoms with Gasteiger partial charge in [-0.15, -0.1) is 13.2 Å². The molecule has 0 aromatic heterocycles. The van der Waals surface area contributed by atoms with Gasteiger partial charge in [-0.1, -0.05) is 74.9 Å². The zero-order valence-electron chi connectivity index (χ0n) is 50.9. The van der Waals surface area contributed by atoms with Gasteiger partial charge in [0, 0.05) is 97.4 Å². The van der Waals surface area contributed by atoms with Crippen molar-refractivity contribution >= 4 is 47.3 Å². The number of carboxylic acid groups (broad SMARTS) is 1. The Bertz CT molecular complexity index is 2040. The fraction of sp³-hybridized carbons (Fsp3) is 0.574. The Morgan fingerprint density at radius 3 is 1.42 bits per heavy atom. The highest BCUT2D eigenvalue weighted by molar-refractivity contribution is 5.89. The monoisotopic (exact) mass is 1170 g/mol. The van der Waals surface area contributed by atoms with Crippen molar-refractivity contribution in [2.24, 2.45) is 17.3 Å². The molecule has 5 N–H and O–H groups in total. The van der Waals surface area contributed by atoms with Crippen molar-refractivity contribution in [3.8, 4) is 0 Å². The highest BCUT2D eigenvalue weighted by Gasteiger charge is 2.37. The van der Waals surface area contributed by atoms with E-state index in [-0.39, 0.29) is 83.1 Å². The zero-order chi connectivity index (χ0) is 62.5. The second-order valence-corrected chi connectivity index (χ2v) is 19.2. The van der Waals surface area contributed by atoms with Gasteiger partial charge < -0.3 is 59.5 Å². The number of carboxylic acids is 1. The van der Waals surface area contributed by atoms with Gasteiger partial charge in [0.1, 0.15) is 25.2 Å². The average molecular weight is 1180 g/mol. The first-order valence-corrected chi connectivity index (χ1v) is 27.7. The van der Waals surface area contributed by atoms with E-state index < -0.39 is 29.5 Å². The van der Waals surface area contributed by atoms with Crippen molar-refractivity contribution in [3.63, 3.8) is 0 Å². The summed E-state index contributed by atoms with van der Waals surface area (Å²) in [6, 6.07) is 15.5. The maximum Gasteiger partial charge on any atom is 0.407 e. The summed E-state index contributed by atoms with van der Waals surface area (Å²) in [4.78, 5) is 88.6. The molecule has 2 aromatic rings. The van der Waals surface area contributed by atoms with Crippen LogP contribution in [0.2, 0.25) is 0 Å². The number of methoxy groups -OCH3 is 4. The summed E-state index contributed by atoms with van der Waals surface area (Å²) >= 11 is 0. The van der Waals surface area contributed by atoms with Gasteiger partial charge in [0.25, 0.3) is 0 Å². The third-order valence-corrected chi connectivity index (χ3v) is 11.3. The number of amides is 4. The quantitative estimate of drug-likeness (QED) is 0.00786. The molecule has 0 fully saturated rings. The fourth-order valence-corrected chi connectivity index (χ4v) is 6.65. The van der Waals surface area contributed by atoms with Crippen molar-refractivity contribution in [3.05, 3.63) is 109 Å². The van der Waals surface area contributed by atoms with Gasteiger partial charge in [-0.2, -0.15) is 0 Å². The lowest BCUT2D eigenvalue weighted by Gasteiger charge is -2.25. The molecule has 2 aromatic carbocycles. The van der Waals surface area contributed by atoms with Crippen LogP contribution >= 0.6 is 0 Å². The van der Waals surface area contributed by atoms with Crippen LogP contribution in [0.4, 0.5) is 21.0 Å². The fourth-order valence-electron chi connectivity index (χ4n) is 6.65. The Morgan fingerprint density at radius 1 is 0.578 bits per heavy atom. The van der Waals surface area contributed by atoms with E-state index >= 15 is 0 Å². The Balaban J connectivity index is 0. The van der Waals surface area contributed by atoms with Crippen molar-refractivity contribution < 1.29 is 86.6 Å². The number of benzene rings is 2. The normalized spacial score (nSPS) is 11.2. The molecule has 22 heteroatoms. The number of carbonyl (C=O) groups excluding carboxylic acids is 5. The molecule has 0 aliphatic rings. The van der Waals surface area contributed by atoms with Crippen molar-refractivity contribution in [1.29, 1.82) is 0 Å². The molecule has 0 saturated heterocycles. The van der Waals surface area contributed by atoms with Gasteiger partial charge in [0.05, 0.1) is 39.6 Å². The van der Waals surface area contributed by atoms with E-state index in [1.165, 1.54) is 28.1 Å². The highest BCUT2D eigenvalue weighted by Crippen LogP contribution is 2.23. The molecule has 2 atom stereocenters. The van der Waals surface area contributed by atoms with Crippen LogP contribution in [-0.4, -0.2) is 155 Å². The largest absolute Gasteiger partial charge is 0.481 e. The van der Waals surface area contributed by atoms with Crippen LogP contribution in [0.1, 0.15) is 104 Å². The van der Waals surface area contributed by atoms with Gasteiger partial charge in [0.15, 0.2) is 0 Å². The Hall–Kier alpha value is -6.50. The van der Waals surface area contributed by atoms with Crippen molar-refractivity contribution in [2.45, 2.75) is 98.8 Å². The summed E-state index contributed by atoms with van der Waals surface area (Å²) in [6.45, 7) is 26.8. The first-order valence-electron chi connectivity index (χ1n) is 27.7. The number of hydrogen-bond acceptors (Lipinski definition) is 17. The Kier molecular flexibility index (Phi) is 49.5. The summed E-state index contributed by atoms with van der Waals surface area (Å²) in [5.74, 6) is -1.91. The number of ether oxygens (including phenoxy) is 7. The summed E-state index contributed by atoms with van der Waals surface area (Å²) in [5.41, 5.74) is 4.17. The van der Waals surface area contributed by atoms with E-state index in [9.17, 15) is 28.8 Å². The van der Waals surface area contributed by atoms with Crippen LogP contribution in [0.5, 0.6) is 0 Å². The lowest BCUT2D eigenvalue weighted by molar-refractivity contribution is -0.321. The number of alkyl carbamates (subject to hydrolysis) is 2. The molecule has 0 saturated carbocycles. The third-order valence-electron chi connectivity index (χ3n) is 11.3. The highest BCUT2D eigenvalue weighted by atomic mass is 17.2. The molecule has 0 aliphatic heterocycles. The van der Waals surface area contributed by atoms with Gasteiger partial charge in [-0.25, -0.2) is 33.9 Å². The van der Waals surface area contributed by atoms with Crippen LogP contribution in [0.15, 0.2) is 98.1 Å². The van der Waals surface area contributed by atoms with Crippen LogP contribution in [-0.2, 0) is 78.3 Å². The predicted octanol–water partition coefficient (Wildman–Crippen LogP) is 9.99. The zero-order valence-corrected chi connectivity index (χ0v) is 50.9. The molecule has 470 valence electrons. The molecular weight excluding hydrogens is 1080 g/mol. The number of esters is 1. The number of nitrogens with one attached hydrogen (secondary N) is 4. The SMILES string of the molecule is C=CCCC(COC(=O)NCCCCCCNC(=O)OCC(COOCC=C)COOCC(=C)C)COC(=O)C(=C)C.CC(=O)Nc1ccc(Cc2ccc(NC(C)=O)cc2)cc1.CCC(COC)(COC)C(=O)O.COCCCCOC. The van der Waals surface area contributed by atoms with Crippen LogP contribution in [0, 0.1) is 17.3 Å². The second kappa shape index (κ2) is 52.3. The second-order valence-electron chi connectivity index (χ2n) is 19.2. The summed E-state index contributed by atoms with van der Waals surface area (Å²) in [7, 11) is 6.41. The summed E-state index contributed by atoms with van der Waals surface area (Å²) in [6.07, 6.45) is 10.4. The van der Waals surface area contributed by atoms with E-state index in [1.807, 2.05) is 62.4 Å². The lowest BCUT2D eigenvalue weighted by atomic mass is 9.87. The van der Waals surface area contributed by atoms with E-state index in [0.717, 1.165) is 92.7 Å². The molecule has 0 aliphatic carbocycles. The molecule has 4 amide bonds. The molecule has 0 spiro atoms. The smallest absolute Gasteiger partial charge is 0.407 e. The van der Waals surface area contributed by atoms with E-state index in [0.29, 0.717) is 31.5 Å². The summed E-state index contributed by atoms with van der Waals surface area (Å²) < 4.78 is 35.1. The molecule has 22 nitrogen and oxygen atoms in total. The first-order chi connectivity index (χ1) is 39.8. The minimum Gasteiger partial charge on any atom is -0.481 e. The number of aliphatic carboxylic acids is 1. The van der Waals surface area contributed by atoms with E-state index in [1.54, 1.807) is 33.3 Å². The molecule has 0 bridgehead atoms. The molecule has 2 rings (SSSR count). The minimum absolute atomic E-state index is 0.0517. The average Bonchev–Trinajstić information content (AvgIpc) is 3.50. The predicted molar refractivity (Wildman–Crippen MR) is 320 cm³/mol.